The lowest BCUT2D eigenvalue weighted by atomic mass is 9.90. The third-order valence-electron chi connectivity index (χ3n) is 13.7. The standard InChI is InChI=1S/C59H36N4/c1-35-30-39(46-15-7-11-37-9-3-5-13-44(37)46)20-25-51(35)63-53-32-41-19-23-49-56-40(18-24-50(57(41)56)59(53)48-27-29-61-34-55(48)63)31-52-58(49)47-26-28-60-33-54(47)62(52)42-21-16-38(17-22-42)45-14-6-10-36-8-2-4-12-43(36)45/h2-34H,1H3. The molecular formula is C59H36N4. The Labute approximate surface area is 361 Å². The van der Waals surface area contributed by atoms with E-state index in [1.807, 2.05) is 24.8 Å². The summed E-state index contributed by atoms with van der Waals surface area (Å²) in [5, 5.41) is 17.5. The van der Waals surface area contributed by atoms with Crippen LogP contribution in [0.15, 0.2) is 201 Å². The van der Waals surface area contributed by atoms with Gasteiger partial charge in [0.25, 0.3) is 0 Å². The van der Waals surface area contributed by atoms with Gasteiger partial charge in [0.2, 0.25) is 0 Å². The van der Waals surface area contributed by atoms with E-state index in [4.69, 9.17) is 0 Å². The highest BCUT2D eigenvalue weighted by molar-refractivity contribution is 6.37. The van der Waals surface area contributed by atoms with Crippen LogP contribution in [-0.4, -0.2) is 19.1 Å². The van der Waals surface area contributed by atoms with Gasteiger partial charge in [0.15, 0.2) is 0 Å². The van der Waals surface area contributed by atoms with Gasteiger partial charge in [-0.15, -0.1) is 0 Å². The summed E-state index contributed by atoms with van der Waals surface area (Å²) in [5.74, 6) is 0. The molecule has 14 rings (SSSR count). The van der Waals surface area contributed by atoms with Gasteiger partial charge < -0.3 is 9.13 Å². The Morgan fingerprint density at radius 1 is 0.349 bits per heavy atom. The van der Waals surface area contributed by atoms with Crippen LogP contribution in [0.4, 0.5) is 0 Å². The lowest BCUT2D eigenvalue weighted by molar-refractivity contribution is 1.14. The Balaban J connectivity index is 0.978. The number of aryl methyl sites for hydroxylation is 1. The Morgan fingerprint density at radius 2 is 0.873 bits per heavy atom. The maximum absolute atomic E-state index is 4.69. The van der Waals surface area contributed by atoms with E-state index >= 15 is 0 Å². The molecule has 63 heavy (non-hydrogen) atoms. The van der Waals surface area contributed by atoms with Crippen molar-refractivity contribution in [1.29, 1.82) is 0 Å². The number of hydrogen-bond acceptors (Lipinski definition) is 2. The van der Waals surface area contributed by atoms with E-state index in [0.717, 1.165) is 22.4 Å². The maximum Gasteiger partial charge on any atom is 0.0724 e. The summed E-state index contributed by atoms with van der Waals surface area (Å²) in [7, 11) is 0. The van der Waals surface area contributed by atoms with Gasteiger partial charge in [-0.05, 0) is 137 Å². The zero-order valence-electron chi connectivity index (χ0n) is 34.3. The topological polar surface area (TPSA) is 35.6 Å². The van der Waals surface area contributed by atoms with Crippen molar-refractivity contribution in [2.75, 3.05) is 0 Å². The number of hydrogen-bond donors (Lipinski definition) is 0. The molecule has 4 heteroatoms. The largest absolute Gasteiger partial charge is 0.308 e. The molecule has 0 unspecified atom stereocenters. The maximum atomic E-state index is 4.69. The van der Waals surface area contributed by atoms with E-state index in [0.29, 0.717) is 0 Å². The quantitative estimate of drug-likeness (QED) is 0.166. The summed E-state index contributed by atoms with van der Waals surface area (Å²) in [6.07, 6.45) is 7.91. The summed E-state index contributed by atoms with van der Waals surface area (Å²) in [6, 6.07) is 64.9. The molecule has 292 valence electrons. The van der Waals surface area contributed by atoms with Crippen LogP contribution < -0.4 is 0 Å². The molecule has 0 N–H and O–H groups in total. The van der Waals surface area contributed by atoms with Crippen LogP contribution in [0, 0.1) is 6.92 Å². The molecule has 4 heterocycles. The van der Waals surface area contributed by atoms with Crippen LogP contribution in [0.3, 0.4) is 0 Å². The molecule has 0 spiro atoms. The Morgan fingerprint density at radius 3 is 1.48 bits per heavy atom. The van der Waals surface area contributed by atoms with Crippen LogP contribution in [0.25, 0.3) is 131 Å². The summed E-state index contributed by atoms with van der Waals surface area (Å²) in [4.78, 5) is 9.35. The third-order valence-corrected chi connectivity index (χ3v) is 13.7. The predicted molar refractivity (Wildman–Crippen MR) is 265 cm³/mol. The summed E-state index contributed by atoms with van der Waals surface area (Å²) in [5.41, 5.74) is 13.0. The molecule has 14 aromatic rings. The van der Waals surface area contributed by atoms with Crippen LogP contribution in [-0.2, 0) is 0 Å². The number of aromatic nitrogens is 4. The minimum atomic E-state index is 1.10. The third kappa shape index (κ3) is 4.80. The first kappa shape index (κ1) is 34.4. The van der Waals surface area contributed by atoms with E-state index in [2.05, 4.69) is 202 Å². The van der Waals surface area contributed by atoms with Crippen molar-refractivity contribution in [1.82, 2.24) is 19.1 Å². The van der Waals surface area contributed by atoms with E-state index < -0.39 is 0 Å². The number of pyridine rings is 2. The fourth-order valence-corrected chi connectivity index (χ4v) is 11.0. The number of rotatable bonds is 4. The van der Waals surface area contributed by atoms with Crippen molar-refractivity contribution in [3.05, 3.63) is 206 Å². The van der Waals surface area contributed by atoms with Gasteiger partial charge >= 0.3 is 0 Å². The fourth-order valence-electron chi connectivity index (χ4n) is 11.0. The van der Waals surface area contributed by atoms with E-state index in [9.17, 15) is 0 Å². The Kier molecular flexibility index (Phi) is 7.01. The van der Waals surface area contributed by atoms with Crippen LogP contribution >= 0.6 is 0 Å². The van der Waals surface area contributed by atoms with Crippen molar-refractivity contribution < 1.29 is 0 Å². The van der Waals surface area contributed by atoms with Crippen molar-refractivity contribution in [2.24, 2.45) is 0 Å². The van der Waals surface area contributed by atoms with Crippen LogP contribution in [0.2, 0.25) is 0 Å². The molecule has 0 fully saturated rings. The minimum absolute atomic E-state index is 1.10. The van der Waals surface area contributed by atoms with E-state index in [1.54, 1.807) is 0 Å². The van der Waals surface area contributed by atoms with Gasteiger partial charge in [-0.1, -0.05) is 127 Å². The molecule has 0 amide bonds. The highest BCUT2D eigenvalue weighted by Gasteiger charge is 2.23. The molecule has 0 bridgehead atoms. The first-order valence-electron chi connectivity index (χ1n) is 21.6. The van der Waals surface area contributed by atoms with Crippen LogP contribution in [0.5, 0.6) is 0 Å². The molecule has 0 radical (unpaired) electrons. The number of nitrogens with zero attached hydrogens (tertiary/aromatic N) is 4. The number of fused-ring (bicyclic) bond motifs is 10. The van der Waals surface area contributed by atoms with Gasteiger partial charge in [0.05, 0.1) is 34.5 Å². The second-order valence-electron chi connectivity index (χ2n) is 17.0. The zero-order valence-corrected chi connectivity index (χ0v) is 34.3. The lowest BCUT2D eigenvalue weighted by Gasteiger charge is -2.16. The Hall–Kier alpha value is -8.34. The first-order valence-corrected chi connectivity index (χ1v) is 21.6. The van der Waals surface area contributed by atoms with Crippen molar-refractivity contribution >= 4 is 97.5 Å². The lowest BCUT2D eigenvalue weighted by Crippen LogP contribution is -1.98. The smallest absolute Gasteiger partial charge is 0.0724 e. The van der Waals surface area contributed by atoms with Crippen molar-refractivity contribution in [3.63, 3.8) is 0 Å². The van der Waals surface area contributed by atoms with Gasteiger partial charge in [-0.2, -0.15) is 0 Å². The highest BCUT2D eigenvalue weighted by atomic mass is 15.0. The first-order chi connectivity index (χ1) is 31.2. The minimum Gasteiger partial charge on any atom is -0.308 e. The van der Waals surface area contributed by atoms with E-state index in [-0.39, 0.29) is 0 Å². The molecule has 4 aromatic heterocycles. The van der Waals surface area contributed by atoms with Crippen molar-refractivity contribution in [3.8, 4) is 33.6 Å². The summed E-state index contributed by atoms with van der Waals surface area (Å²) < 4.78 is 4.82. The van der Waals surface area contributed by atoms with Gasteiger partial charge in [0, 0.05) is 45.3 Å². The average Bonchev–Trinajstić information content (AvgIpc) is 3.85. The molecule has 0 aliphatic rings. The monoisotopic (exact) mass is 800 g/mol. The SMILES string of the molecule is Cc1cc(-c2cccc3ccccc23)ccc1-n1c2cnccc2c2c3ccc4cc5c(c6ccc(cc21)c3c46)c1ccncc1n5-c1ccc(-c2cccc3ccccc23)cc1. The Bertz CT molecular complexity index is 4200. The highest BCUT2D eigenvalue weighted by Crippen LogP contribution is 2.47. The molecule has 0 aliphatic carbocycles. The van der Waals surface area contributed by atoms with Gasteiger partial charge in [0.1, 0.15) is 0 Å². The summed E-state index contributed by atoms with van der Waals surface area (Å²) in [6.45, 7) is 2.24. The zero-order chi connectivity index (χ0) is 41.3. The van der Waals surface area contributed by atoms with Crippen LogP contribution in [0.1, 0.15) is 5.56 Å². The summed E-state index contributed by atoms with van der Waals surface area (Å²) >= 11 is 0. The molecule has 0 atom stereocenters. The van der Waals surface area contributed by atoms with Gasteiger partial charge in [-0.25, -0.2) is 0 Å². The molecular weight excluding hydrogens is 765 g/mol. The fraction of sp³-hybridized carbons (Fsp3) is 0.0169. The average molecular weight is 801 g/mol. The van der Waals surface area contributed by atoms with Crippen molar-refractivity contribution in [2.45, 2.75) is 6.92 Å². The molecule has 0 saturated heterocycles. The second-order valence-corrected chi connectivity index (χ2v) is 17.0. The number of benzene rings is 10. The normalized spacial score (nSPS) is 12.2. The predicted octanol–water partition coefficient (Wildman–Crippen LogP) is 15.5. The van der Waals surface area contributed by atoms with E-state index in [1.165, 1.54) is 114 Å². The van der Waals surface area contributed by atoms with Gasteiger partial charge in [-0.3, -0.25) is 9.97 Å². The molecule has 0 saturated carbocycles. The molecule has 0 aliphatic heterocycles. The molecule has 4 nitrogen and oxygen atoms in total. The molecule has 10 aromatic carbocycles. The second kappa shape index (κ2) is 12.8.